The van der Waals surface area contributed by atoms with Crippen molar-refractivity contribution in [3.8, 4) is 0 Å². The Hall–Kier alpha value is -1.95. The Bertz CT molecular complexity index is 802. The average molecular weight is 391 g/mol. The third-order valence-corrected chi connectivity index (χ3v) is 5.24. The van der Waals surface area contributed by atoms with Crippen LogP contribution in [0.1, 0.15) is 29.7 Å². The van der Waals surface area contributed by atoms with Gasteiger partial charge < -0.3 is 10.1 Å². The van der Waals surface area contributed by atoms with E-state index < -0.39 is 0 Å². The van der Waals surface area contributed by atoms with Crippen molar-refractivity contribution in [3.63, 3.8) is 0 Å². The Morgan fingerprint density at radius 1 is 1.30 bits per heavy atom. The molecule has 2 unspecified atom stereocenters. The highest BCUT2D eigenvalue weighted by atomic mass is 35.5. The molecular weight excluding hydrogens is 367 g/mol. The SMILES string of the molecule is Cc1cc(C)c(NC(=O)C(C)N2CCOC(c3ccc(F)cc3)C2)c(Cl)c1. The normalized spacial score (nSPS) is 18.9. The Morgan fingerprint density at radius 2 is 2.00 bits per heavy atom. The number of carbonyl (C=O) groups is 1. The Kier molecular flexibility index (Phi) is 6.15. The highest BCUT2D eigenvalue weighted by Gasteiger charge is 2.29. The number of aryl methyl sites for hydroxylation is 2. The molecular formula is C21H24ClFN2O2. The number of amides is 1. The molecule has 0 radical (unpaired) electrons. The number of halogens is 2. The number of hydrogen-bond donors (Lipinski definition) is 1. The predicted octanol–water partition coefficient (Wildman–Crippen LogP) is 4.50. The molecule has 1 aliphatic heterocycles. The second-order valence-corrected chi connectivity index (χ2v) is 7.42. The lowest BCUT2D eigenvalue weighted by atomic mass is 10.1. The van der Waals surface area contributed by atoms with Gasteiger partial charge in [0, 0.05) is 13.1 Å². The Balaban J connectivity index is 1.68. The first kappa shape index (κ1) is 19.8. The molecule has 2 atom stereocenters. The zero-order valence-corrected chi connectivity index (χ0v) is 16.5. The molecule has 1 fully saturated rings. The molecule has 0 saturated carbocycles. The van der Waals surface area contributed by atoms with Crippen LogP contribution < -0.4 is 5.32 Å². The van der Waals surface area contributed by atoms with Crippen LogP contribution in [0.25, 0.3) is 0 Å². The fraction of sp³-hybridized carbons (Fsp3) is 0.381. The fourth-order valence-electron chi connectivity index (χ4n) is 3.37. The molecule has 2 aromatic carbocycles. The van der Waals surface area contributed by atoms with Gasteiger partial charge in [0.25, 0.3) is 0 Å². The number of benzene rings is 2. The fourth-order valence-corrected chi connectivity index (χ4v) is 3.74. The van der Waals surface area contributed by atoms with Gasteiger partial charge in [-0.2, -0.15) is 0 Å². The van der Waals surface area contributed by atoms with Crippen LogP contribution in [0.15, 0.2) is 36.4 Å². The summed E-state index contributed by atoms with van der Waals surface area (Å²) in [6, 6.07) is 9.80. The van der Waals surface area contributed by atoms with Crippen LogP contribution in [0.4, 0.5) is 10.1 Å². The van der Waals surface area contributed by atoms with Crippen LogP contribution in [-0.4, -0.2) is 36.5 Å². The lowest BCUT2D eigenvalue weighted by molar-refractivity contribution is -0.124. The number of anilines is 1. The number of ether oxygens (including phenoxy) is 1. The van der Waals surface area contributed by atoms with Gasteiger partial charge in [-0.1, -0.05) is 29.8 Å². The molecule has 3 rings (SSSR count). The lowest BCUT2D eigenvalue weighted by Gasteiger charge is -2.36. The molecule has 27 heavy (non-hydrogen) atoms. The lowest BCUT2D eigenvalue weighted by Crippen LogP contribution is -2.48. The van der Waals surface area contributed by atoms with Gasteiger partial charge in [0.15, 0.2) is 0 Å². The van der Waals surface area contributed by atoms with E-state index in [1.54, 1.807) is 12.1 Å². The maximum absolute atomic E-state index is 13.1. The predicted molar refractivity (Wildman–Crippen MR) is 106 cm³/mol. The van der Waals surface area contributed by atoms with E-state index in [2.05, 4.69) is 10.2 Å². The molecule has 1 amide bonds. The van der Waals surface area contributed by atoms with Gasteiger partial charge in [0.2, 0.25) is 5.91 Å². The number of morpholine rings is 1. The van der Waals surface area contributed by atoms with Crippen LogP contribution in [0, 0.1) is 19.7 Å². The third kappa shape index (κ3) is 4.67. The first-order chi connectivity index (χ1) is 12.8. The molecule has 1 heterocycles. The standard InChI is InChI=1S/C21H24ClFN2O2/c1-13-10-14(2)20(18(22)11-13)24-21(26)15(3)25-8-9-27-19(12-25)16-4-6-17(23)7-5-16/h4-7,10-11,15,19H,8-9,12H2,1-3H3,(H,24,26). The summed E-state index contributed by atoms with van der Waals surface area (Å²) >= 11 is 6.31. The van der Waals surface area contributed by atoms with Gasteiger partial charge in [-0.3, -0.25) is 9.69 Å². The minimum Gasteiger partial charge on any atom is -0.371 e. The van der Waals surface area contributed by atoms with Crippen LogP contribution in [0.2, 0.25) is 5.02 Å². The summed E-state index contributed by atoms with van der Waals surface area (Å²) < 4.78 is 19.0. The minimum atomic E-state index is -0.339. The van der Waals surface area contributed by atoms with E-state index in [0.717, 1.165) is 16.7 Å². The van der Waals surface area contributed by atoms with Crippen molar-refractivity contribution in [3.05, 3.63) is 63.9 Å². The van der Waals surface area contributed by atoms with Crippen molar-refractivity contribution in [2.75, 3.05) is 25.0 Å². The van der Waals surface area contributed by atoms with Crippen molar-refractivity contribution in [2.24, 2.45) is 0 Å². The van der Waals surface area contributed by atoms with E-state index in [1.165, 1.54) is 12.1 Å². The van der Waals surface area contributed by atoms with Crippen molar-refractivity contribution >= 4 is 23.2 Å². The summed E-state index contributed by atoms with van der Waals surface area (Å²) in [6.07, 6.45) is -0.181. The van der Waals surface area contributed by atoms with Gasteiger partial charge in [-0.25, -0.2) is 4.39 Å². The summed E-state index contributed by atoms with van der Waals surface area (Å²) in [7, 11) is 0. The topological polar surface area (TPSA) is 41.6 Å². The van der Waals surface area contributed by atoms with Crippen molar-refractivity contribution < 1.29 is 13.9 Å². The van der Waals surface area contributed by atoms with Crippen molar-refractivity contribution in [2.45, 2.75) is 32.9 Å². The van der Waals surface area contributed by atoms with Crippen molar-refractivity contribution in [1.29, 1.82) is 0 Å². The van der Waals surface area contributed by atoms with E-state index in [9.17, 15) is 9.18 Å². The average Bonchev–Trinajstić information content (AvgIpc) is 2.64. The minimum absolute atomic E-state index is 0.108. The molecule has 1 N–H and O–H groups in total. The number of nitrogens with one attached hydrogen (secondary N) is 1. The second kappa shape index (κ2) is 8.38. The maximum atomic E-state index is 13.1. The molecule has 4 nitrogen and oxygen atoms in total. The van der Waals surface area contributed by atoms with E-state index in [1.807, 2.05) is 32.9 Å². The zero-order chi connectivity index (χ0) is 19.6. The molecule has 144 valence electrons. The van der Waals surface area contributed by atoms with E-state index in [4.69, 9.17) is 16.3 Å². The molecule has 0 bridgehead atoms. The molecule has 6 heteroatoms. The number of nitrogens with zero attached hydrogens (tertiary/aromatic N) is 1. The van der Waals surface area contributed by atoms with Crippen LogP contribution >= 0.6 is 11.6 Å². The van der Waals surface area contributed by atoms with E-state index in [-0.39, 0.29) is 23.9 Å². The molecule has 0 aliphatic carbocycles. The molecule has 1 aliphatic rings. The van der Waals surface area contributed by atoms with E-state index in [0.29, 0.717) is 30.4 Å². The van der Waals surface area contributed by atoms with E-state index >= 15 is 0 Å². The quantitative estimate of drug-likeness (QED) is 0.835. The Labute approximate surface area is 164 Å². The number of rotatable bonds is 4. The first-order valence-electron chi connectivity index (χ1n) is 9.04. The molecule has 2 aromatic rings. The maximum Gasteiger partial charge on any atom is 0.241 e. The first-order valence-corrected chi connectivity index (χ1v) is 9.41. The summed E-state index contributed by atoms with van der Waals surface area (Å²) in [5.41, 5.74) is 3.55. The van der Waals surface area contributed by atoms with Gasteiger partial charge in [0.1, 0.15) is 5.82 Å². The van der Waals surface area contributed by atoms with Gasteiger partial charge in [0.05, 0.1) is 29.5 Å². The highest BCUT2D eigenvalue weighted by molar-refractivity contribution is 6.34. The third-order valence-electron chi connectivity index (χ3n) is 4.95. The Morgan fingerprint density at radius 3 is 2.67 bits per heavy atom. The smallest absolute Gasteiger partial charge is 0.241 e. The summed E-state index contributed by atoms with van der Waals surface area (Å²) in [4.78, 5) is 14.9. The van der Waals surface area contributed by atoms with Gasteiger partial charge in [-0.15, -0.1) is 0 Å². The second-order valence-electron chi connectivity index (χ2n) is 7.01. The van der Waals surface area contributed by atoms with Gasteiger partial charge in [-0.05, 0) is 55.7 Å². The zero-order valence-electron chi connectivity index (χ0n) is 15.8. The summed E-state index contributed by atoms with van der Waals surface area (Å²) in [5.74, 6) is -0.381. The molecule has 1 saturated heterocycles. The van der Waals surface area contributed by atoms with Crippen molar-refractivity contribution in [1.82, 2.24) is 4.90 Å². The van der Waals surface area contributed by atoms with Crippen LogP contribution in [0.5, 0.6) is 0 Å². The molecule has 0 aromatic heterocycles. The summed E-state index contributed by atoms with van der Waals surface area (Å²) in [5, 5.41) is 3.50. The number of hydrogen-bond acceptors (Lipinski definition) is 3. The van der Waals surface area contributed by atoms with Crippen LogP contribution in [0.3, 0.4) is 0 Å². The number of carbonyl (C=O) groups excluding carboxylic acids is 1. The van der Waals surface area contributed by atoms with Gasteiger partial charge >= 0.3 is 0 Å². The summed E-state index contributed by atoms with van der Waals surface area (Å²) in [6.45, 7) is 7.52. The highest BCUT2D eigenvalue weighted by Crippen LogP contribution is 2.28. The largest absolute Gasteiger partial charge is 0.371 e. The molecule has 0 spiro atoms. The monoisotopic (exact) mass is 390 g/mol. The van der Waals surface area contributed by atoms with Crippen LogP contribution in [-0.2, 0) is 9.53 Å².